The number of benzene rings is 1. The fourth-order valence-corrected chi connectivity index (χ4v) is 1.89. The Labute approximate surface area is 133 Å². The second-order valence-electron chi connectivity index (χ2n) is 4.95. The highest BCUT2D eigenvalue weighted by molar-refractivity contribution is 5.99. The number of nitrogens with zero attached hydrogens (tertiary/aromatic N) is 2. The molecular formula is C17H17F3N2O. The fraction of sp³-hybridized carbons (Fsp3) is 0.294. The van der Waals surface area contributed by atoms with Gasteiger partial charge in [0.1, 0.15) is 0 Å². The summed E-state index contributed by atoms with van der Waals surface area (Å²) in [7, 11) is 1.49. The van der Waals surface area contributed by atoms with Gasteiger partial charge in [0.05, 0.1) is 22.9 Å². The van der Waals surface area contributed by atoms with Gasteiger partial charge in [0.2, 0.25) is 0 Å². The molecule has 0 atom stereocenters. The van der Waals surface area contributed by atoms with Crippen LogP contribution in [0, 0.1) is 11.3 Å². The molecule has 0 saturated carbocycles. The summed E-state index contributed by atoms with van der Waals surface area (Å²) in [6.07, 6.45) is -3.22. The van der Waals surface area contributed by atoms with Crippen LogP contribution in [0.25, 0.3) is 0 Å². The summed E-state index contributed by atoms with van der Waals surface area (Å²) in [4.78, 5) is 13.5. The molecule has 0 aliphatic carbocycles. The maximum Gasteiger partial charge on any atom is 0.415 e. The molecule has 0 unspecified atom stereocenters. The highest BCUT2D eigenvalue weighted by atomic mass is 19.4. The van der Waals surface area contributed by atoms with Crippen LogP contribution in [0.1, 0.15) is 25.3 Å². The maximum atomic E-state index is 12.7. The number of halogens is 3. The number of ketones is 1. The van der Waals surface area contributed by atoms with Crippen molar-refractivity contribution in [3.63, 3.8) is 0 Å². The number of alkyl halides is 3. The number of carbonyl (C=O) groups is 1. The molecule has 1 aromatic rings. The first kappa shape index (κ1) is 18.5. The molecule has 0 N–H and O–H groups in total. The number of rotatable bonds is 6. The van der Waals surface area contributed by atoms with E-state index in [1.165, 1.54) is 18.0 Å². The summed E-state index contributed by atoms with van der Waals surface area (Å²) in [6, 6.07) is 8.25. The van der Waals surface area contributed by atoms with Crippen LogP contribution in [0.4, 0.5) is 18.9 Å². The van der Waals surface area contributed by atoms with E-state index in [0.717, 1.165) is 6.08 Å². The van der Waals surface area contributed by atoms with E-state index >= 15 is 0 Å². The first-order valence-electron chi connectivity index (χ1n) is 6.95. The normalized spacial score (nSPS) is 11.7. The van der Waals surface area contributed by atoms with Gasteiger partial charge >= 0.3 is 6.18 Å². The van der Waals surface area contributed by atoms with Crippen LogP contribution in [0.5, 0.6) is 0 Å². The average molecular weight is 322 g/mol. The molecule has 23 heavy (non-hydrogen) atoms. The minimum atomic E-state index is -4.60. The van der Waals surface area contributed by atoms with Crippen molar-refractivity contribution in [1.82, 2.24) is 0 Å². The lowest BCUT2D eigenvalue weighted by Crippen LogP contribution is -2.24. The third-order valence-corrected chi connectivity index (χ3v) is 3.16. The molecule has 0 spiro atoms. The molecule has 0 radical (unpaired) electrons. The minimum Gasteiger partial charge on any atom is -0.342 e. The smallest absolute Gasteiger partial charge is 0.342 e. The van der Waals surface area contributed by atoms with E-state index in [9.17, 15) is 18.0 Å². The zero-order valence-corrected chi connectivity index (χ0v) is 12.9. The van der Waals surface area contributed by atoms with Crippen LogP contribution in [0.15, 0.2) is 48.2 Å². The Hall–Kier alpha value is -2.55. The third kappa shape index (κ3) is 4.99. The molecule has 0 aliphatic heterocycles. The molecule has 122 valence electrons. The molecule has 0 aliphatic rings. The standard InChI is InChI=1S/C17H17F3N2O/c1-4-6-16(23)15(9-12(2)17(18,19)20)22(3)14-8-5-7-13(10-14)11-21/h5,7-10H,2,4,6H2,1,3H3/b15-9-. The first-order valence-corrected chi connectivity index (χ1v) is 6.95. The van der Waals surface area contributed by atoms with Crippen molar-refractivity contribution in [2.75, 3.05) is 11.9 Å². The van der Waals surface area contributed by atoms with Crippen LogP contribution in [-0.4, -0.2) is 19.0 Å². The fourth-order valence-electron chi connectivity index (χ4n) is 1.89. The van der Waals surface area contributed by atoms with Gasteiger partial charge in [0, 0.05) is 19.2 Å². The Morgan fingerprint density at radius 3 is 2.61 bits per heavy atom. The zero-order chi connectivity index (χ0) is 17.6. The summed E-state index contributed by atoms with van der Waals surface area (Å²) in [5.74, 6) is -0.414. The quantitative estimate of drug-likeness (QED) is 0.577. The highest BCUT2D eigenvalue weighted by Crippen LogP contribution is 2.28. The lowest BCUT2D eigenvalue weighted by atomic mass is 10.1. The molecule has 0 aromatic heterocycles. The van der Waals surface area contributed by atoms with Gasteiger partial charge in [-0.05, 0) is 30.7 Å². The second-order valence-corrected chi connectivity index (χ2v) is 4.95. The van der Waals surface area contributed by atoms with Crippen LogP contribution < -0.4 is 4.90 Å². The SMILES string of the molecule is C=C(/C=C(/C(=O)CCC)N(C)c1cccc(C#N)c1)C(F)(F)F. The Bertz CT molecular complexity index is 669. The van der Waals surface area contributed by atoms with Crippen molar-refractivity contribution in [2.45, 2.75) is 25.9 Å². The largest absolute Gasteiger partial charge is 0.415 e. The van der Waals surface area contributed by atoms with Crippen LogP contribution >= 0.6 is 0 Å². The Morgan fingerprint density at radius 2 is 2.09 bits per heavy atom. The van der Waals surface area contributed by atoms with Gasteiger partial charge in [-0.1, -0.05) is 19.6 Å². The summed E-state index contributed by atoms with van der Waals surface area (Å²) in [5, 5.41) is 8.91. The van der Waals surface area contributed by atoms with Crippen molar-refractivity contribution in [1.29, 1.82) is 5.26 Å². The molecule has 0 fully saturated rings. The van der Waals surface area contributed by atoms with Crippen molar-refractivity contribution < 1.29 is 18.0 Å². The Kier molecular flexibility index (Phi) is 6.14. The number of likely N-dealkylation sites (N-methyl/N-ethyl adjacent to an activating group) is 1. The molecule has 1 rings (SSSR count). The molecule has 0 amide bonds. The summed E-state index contributed by atoms with van der Waals surface area (Å²) in [5.41, 5.74) is -0.398. The summed E-state index contributed by atoms with van der Waals surface area (Å²) in [6.45, 7) is 4.75. The van der Waals surface area contributed by atoms with E-state index in [0.29, 0.717) is 17.7 Å². The molecule has 0 heterocycles. The van der Waals surface area contributed by atoms with E-state index in [1.54, 1.807) is 25.1 Å². The van der Waals surface area contributed by atoms with Crippen LogP contribution in [0.2, 0.25) is 0 Å². The topological polar surface area (TPSA) is 44.1 Å². The van der Waals surface area contributed by atoms with Crippen molar-refractivity contribution in [2.24, 2.45) is 0 Å². The van der Waals surface area contributed by atoms with Crippen molar-refractivity contribution >= 4 is 11.5 Å². The Morgan fingerprint density at radius 1 is 1.43 bits per heavy atom. The first-order chi connectivity index (χ1) is 10.7. The van der Waals surface area contributed by atoms with E-state index < -0.39 is 17.5 Å². The predicted molar refractivity (Wildman–Crippen MR) is 82.8 cm³/mol. The molecule has 6 heteroatoms. The van der Waals surface area contributed by atoms with Gasteiger partial charge in [-0.15, -0.1) is 0 Å². The molecule has 3 nitrogen and oxygen atoms in total. The van der Waals surface area contributed by atoms with Gasteiger partial charge in [-0.25, -0.2) is 0 Å². The van der Waals surface area contributed by atoms with Gasteiger partial charge in [0.15, 0.2) is 5.78 Å². The third-order valence-electron chi connectivity index (χ3n) is 3.16. The molecular weight excluding hydrogens is 305 g/mol. The van der Waals surface area contributed by atoms with Gasteiger partial charge in [-0.3, -0.25) is 4.79 Å². The molecule has 1 aromatic carbocycles. The van der Waals surface area contributed by atoms with Gasteiger partial charge in [-0.2, -0.15) is 18.4 Å². The Balaban J connectivity index is 3.28. The number of anilines is 1. The average Bonchev–Trinajstić information content (AvgIpc) is 2.50. The minimum absolute atomic E-state index is 0.107. The monoisotopic (exact) mass is 322 g/mol. The number of Topliss-reactive ketones (excluding diaryl/α,β-unsaturated/α-hetero) is 1. The van der Waals surface area contributed by atoms with Crippen molar-refractivity contribution in [3.05, 3.63) is 53.8 Å². The van der Waals surface area contributed by atoms with Gasteiger partial charge in [0.25, 0.3) is 0 Å². The lowest BCUT2D eigenvalue weighted by molar-refractivity contribution is -0.115. The summed E-state index contributed by atoms with van der Waals surface area (Å²) >= 11 is 0. The van der Waals surface area contributed by atoms with E-state index in [1.807, 2.05) is 6.07 Å². The van der Waals surface area contributed by atoms with Crippen LogP contribution in [0.3, 0.4) is 0 Å². The van der Waals surface area contributed by atoms with Crippen LogP contribution in [-0.2, 0) is 4.79 Å². The van der Waals surface area contributed by atoms with Crippen molar-refractivity contribution in [3.8, 4) is 6.07 Å². The number of carbonyl (C=O) groups excluding carboxylic acids is 1. The lowest BCUT2D eigenvalue weighted by Gasteiger charge is -2.23. The highest BCUT2D eigenvalue weighted by Gasteiger charge is 2.31. The molecule has 0 bridgehead atoms. The zero-order valence-electron chi connectivity index (χ0n) is 12.9. The molecule has 0 saturated heterocycles. The predicted octanol–water partition coefficient (Wildman–Crippen LogP) is 4.37. The maximum absolute atomic E-state index is 12.7. The second kappa shape index (κ2) is 7.63. The number of allylic oxidation sites excluding steroid dienone is 3. The van der Waals surface area contributed by atoms with Gasteiger partial charge < -0.3 is 4.90 Å². The number of hydrogen-bond donors (Lipinski definition) is 0. The summed E-state index contributed by atoms with van der Waals surface area (Å²) < 4.78 is 38.2. The number of nitriles is 1. The number of hydrogen-bond acceptors (Lipinski definition) is 3. The van der Waals surface area contributed by atoms with E-state index in [-0.39, 0.29) is 12.1 Å². The van der Waals surface area contributed by atoms with E-state index in [4.69, 9.17) is 5.26 Å². The van der Waals surface area contributed by atoms with E-state index in [2.05, 4.69) is 6.58 Å².